The molecule has 13 aromatic carbocycles. The van der Waals surface area contributed by atoms with E-state index in [1.54, 1.807) is 0 Å². The van der Waals surface area contributed by atoms with E-state index in [1.807, 2.05) is 30.3 Å². The van der Waals surface area contributed by atoms with Crippen molar-refractivity contribution in [3.05, 3.63) is 303 Å². The van der Waals surface area contributed by atoms with Crippen LogP contribution < -0.4 is 10.6 Å². The van der Waals surface area contributed by atoms with Crippen molar-refractivity contribution in [1.82, 2.24) is 0 Å². The maximum Gasteiger partial charge on any atom is 0.143 e. The Balaban J connectivity index is 0.000000185. The summed E-state index contributed by atoms with van der Waals surface area (Å²) in [5.41, 5.74) is 27.2. The molecule has 0 aliphatic heterocycles. The lowest BCUT2D eigenvalue weighted by atomic mass is 9.98. The number of furan rings is 2. The van der Waals surface area contributed by atoms with E-state index in [-0.39, 0.29) is 0 Å². The molecule has 4 heteroatoms. The highest BCUT2D eigenvalue weighted by Gasteiger charge is 2.20. The molecule has 0 spiro atoms. The largest absolute Gasteiger partial charge is 0.455 e. The van der Waals surface area contributed by atoms with Crippen LogP contribution in [0.4, 0.5) is 22.7 Å². The molecule has 80 heavy (non-hydrogen) atoms. The lowest BCUT2D eigenvalue weighted by molar-refractivity contribution is 0.670. The summed E-state index contributed by atoms with van der Waals surface area (Å²) < 4.78 is 13.2. The van der Waals surface area contributed by atoms with Crippen LogP contribution in [0, 0.1) is 0 Å². The van der Waals surface area contributed by atoms with Gasteiger partial charge in [0.2, 0.25) is 0 Å². The molecule has 0 amide bonds. The smallest absolute Gasteiger partial charge is 0.143 e. The normalized spacial score (nSPS) is 11.3. The maximum atomic E-state index is 6.82. The van der Waals surface area contributed by atoms with Crippen molar-refractivity contribution < 1.29 is 8.83 Å². The van der Waals surface area contributed by atoms with E-state index >= 15 is 0 Å². The second kappa shape index (κ2) is 20.7. The molecule has 0 saturated heterocycles. The molecule has 0 bridgehead atoms. The fourth-order valence-electron chi connectivity index (χ4n) is 11.5. The Morgan fingerprint density at radius 3 is 1.07 bits per heavy atom. The zero-order chi connectivity index (χ0) is 53.4. The highest BCUT2D eigenvalue weighted by Crippen LogP contribution is 2.44. The van der Waals surface area contributed by atoms with E-state index in [4.69, 9.17) is 14.6 Å². The molecule has 4 nitrogen and oxygen atoms in total. The summed E-state index contributed by atoms with van der Waals surface area (Å²) in [4.78, 5) is 2.34. The summed E-state index contributed by atoms with van der Waals surface area (Å²) in [6, 6.07) is 107. The Morgan fingerprint density at radius 1 is 0.225 bits per heavy atom. The highest BCUT2D eigenvalue weighted by atomic mass is 16.3. The quantitative estimate of drug-likeness (QED) is 0.146. The molecule has 2 heterocycles. The fraction of sp³-hybridized carbons (Fsp3) is 0. The summed E-state index contributed by atoms with van der Waals surface area (Å²) in [6.45, 7) is 0. The van der Waals surface area contributed by atoms with Crippen molar-refractivity contribution in [3.63, 3.8) is 0 Å². The molecule has 0 saturated carbocycles. The minimum Gasteiger partial charge on any atom is -0.455 e. The van der Waals surface area contributed by atoms with E-state index in [1.165, 1.54) is 33.0 Å². The number of nitrogen functional groups attached to an aromatic ring is 1. The predicted molar refractivity (Wildman–Crippen MR) is 337 cm³/mol. The maximum absolute atomic E-state index is 6.82. The Kier molecular flexibility index (Phi) is 12.4. The van der Waals surface area contributed by atoms with Crippen molar-refractivity contribution in [3.8, 4) is 66.8 Å². The average molecular weight is 1030 g/mol. The third-order valence-electron chi connectivity index (χ3n) is 15.3. The molecule has 0 atom stereocenters. The molecule has 15 rings (SSSR count). The van der Waals surface area contributed by atoms with Gasteiger partial charge >= 0.3 is 0 Å². The molecular weight excluding hydrogens is 973 g/mol. The molecular formula is C76H52N2O2. The number of hydrogen-bond acceptors (Lipinski definition) is 4. The Bertz CT molecular complexity index is 4690. The average Bonchev–Trinajstić information content (AvgIpc) is 4.22. The first-order valence-electron chi connectivity index (χ1n) is 27.1. The van der Waals surface area contributed by atoms with Gasteiger partial charge in [-0.25, -0.2) is 0 Å². The molecule has 15 aromatic rings. The van der Waals surface area contributed by atoms with E-state index in [0.717, 1.165) is 111 Å². The van der Waals surface area contributed by atoms with Gasteiger partial charge in [0.25, 0.3) is 0 Å². The van der Waals surface area contributed by atoms with Gasteiger partial charge in [-0.2, -0.15) is 0 Å². The number of rotatable bonds is 9. The van der Waals surface area contributed by atoms with Gasteiger partial charge in [0.05, 0.1) is 0 Å². The first kappa shape index (κ1) is 47.7. The number of anilines is 4. The van der Waals surface area contributed by atoms with Crippen LogP contribution in [0.3, 0.4) is 0 Å². The van der Waals surface area contributed by atoms with Crippen LogP contribution in [-0.4, -0.2) is 0 Å². The van der Waals surface area contributed by atoms with Crippen LogP contribution in [0.5, 0.6) is 0 Å². The van der Waals surface area contributed by atoms with Gasteiger partial charge in [-0.1, -0.05) is 255 Å². The van der Waals surface area contributed by atoms with E-state index in [2.05, 4.69) is 278 Å². The van der Waals surface area contributed by atoms with Gasteiger partial charge in [0.15, 0.2) is 0 Å². The summed E-state index contributed by atoms with van der Waals surface area (Å²) in [5, 5.41) is 6.99. The summed E-state index contributed by atoms with van der Waals surface area (Å²) in [5.74, 6) is 0. The van der Waals surface area contributed by atoms with Gasteiger partial charge in [-0.3, -0.25) is 0 Å². The number of hydrogen-bond donors (Lipinski definition) is 1. The van der Waals surface area contributed by atoms with Crippen molar-refractivity contribution in [1.29, 1.82) is 0 Å². The van der Waals surface area contributed by atoms with Crippen LogP contribution in [0.2, 0.25) is 0 Å². The minimum absolute atomic E-state index is 0.751. The third-order valence-corrected chi connectivity index (χ3v) is 15.3. The van der Waals surface area contributed by atoms with Crippen LogP contribution in [0.25, 0.3) is 121 Å². The van der Waals surface area contributed by atoms with E-state index in [9.17, 15) is 0 Å². The highest BCUT2D eigenvalue weighted by molar-refractivity contribution is 6.14. The molecule has 0 aliphatic rings. The van der Waals surface area contributed by atoms with Crippen molar-refractivity contribution in [2.45, 2.75) is 0 Å². The topological polar surface area (TPSA) is 55.5 Å². The Hall–Kier alpha value is -10.7. The van der Waals surface area contributed by atoms with Crippen molar-refractivity contribution in [2.24, 2.45) is 0 Å². The number of fused-ring (bicyclic) bond motifs is 7. The molecule has 378 valence electrons. The second-order valence-corrected chi connectivity index (χ2v) is 20.2. The Morgan fingerprint density at radius 2 is 0.562 bits per heavy atom. The fourth-order valence-corrected chi connectivity index (χ4v) is 11.5. The summed E-state index contributed by atoms with van der Waals surface area (Å²) in [7, 11) is 0. The predicted octanol–water partition coefficient (Wildman–Crippen LogP) is 21.4. The number of benzene rings is 13. The van der Waals surface area contributed by atoms with Gasteiger partial charge in [-0.05, 0) is 104 Å². The van der Waals surface area contributed by atoms with Crippen molar-refractivity contribution in [2.75, 3.05) is 10.6 Å². The van der Waals surface area contributed by atoms with Crippen LogP contribution >= 0.6 is 0 Å². The van der Waals surface area contributed by atoms with E-state index in [0.29, 0.717) is 0 Å². The lowest BCUT2D eigenvalue weighted by Crippen LogP contribution is -2.10. The van der Waals surface area contributed by atoms with Gasteiger partial charge in [0, 0.05) is 66.5 Å². The molecule has 0 unspecified atom stereocenters. The van der Waals surface area contributed by atoms with E-state index < -0.39 is 0 Å². The SMILES string of the molecule is Nc1cccc(-c2cccc3c2oc2c(-c4ccccc4)cccc23)c1.c1ccc(-c2ccc(N(c3ccc(-c4cccc5ccccc45)cc3)c3cccc(-c4cccc5c4oc4c(-c6ccccc6)cccc45)c3)cc2)cc1. The van der Waals surface area contributed by atoms with Crippen molar-refractivity contribution >= 4 is 77.4 Å². The number of para-hydroxylation sites is 4. The van der Waals surface area contributed by atoms with Gasteiger partial charge in [-0.15, -0.1) is 0 Å². The van der Waals surface area contributed by atoms with Gasteiger partial charge < -0.3 is 19.5 Å². The minimum atomic E-state index is 0.751. The molecule has 0 radical (unpaired) electrons. The molecule has 2 aromatic heterocycles. The van der Waals surface area contributed by atoms with Gasteiger partial charge in [0.1, 0.15) is 22.3 Å². The van der Waals surface area contributed by atoms with Crippen LogP contribution in [0.15, 0.2) is 312 Å². The first-order chi connectivity index (χ1) is 39.6. The standard InChI is InChI=1S/C52H35NO.C24H17NO/c1-3-13-36(14-4-1)37-27-31-42(32-28-37)53(43-33-29-40(30-34-43)46-22-10-18-38-17-7-8-21-45(38)46)44-20-9-19-41(35-44)48-24-12-26-50-49-25-11-23-47(51(49)54-52(48)50)39-15-5-2-6-16-39;25-18-10-4-9-17(15-18)20-12-6-14-22-21-13-5-11-19(23(21)26-24(20)22)16-7-2-1-3-8-16/h1-35H;1-15H,25H2. The number of nitrogens with two attached hydrogens (primary N) is 1. The van der Waals surface area contributed by atoms with Crippen LogP contribution in [-0.2, 0) is 0 Å². The molecule has 2 N–H and O–H groups in total. The van der Waals surface area contributed by atoms with Crippen LogP contribution in [0.1, 0.15) is 0 Å². The number of nitrogens with zero attached hydrogens (tertiary/aromatic N) is 1. The Labute approximate surface area is 464 Å². The molecule has 0 fully saturated rings. The summed E-state index contributed by atoms with van der Waals surface area (Å²) >= 11 is 0. The first-order valence-corrected chi connectivity index (χ1v) is 27.1. The summed E-state index contributed by atoms with van der Waals surface area (Å²) in [6.07, 6.45) is 0. The zero-order valence-corrected chi connectivity index (χ0v) is 43.7. The second-order valence-electron chi connectivity index (χ2n) is 20.2. The lowest BCUT2D eigenvalue weighted by Gasteiger charge is -2.26. The molecule has 0 aliphatic carbocycles. The monoisotopic (exact) mass is 1020 g/mol. The zero-order valence-electron chi connectivity index (χ0n) is 43.7. The third kappa shape index (κ3) is 8.91.